The number of nitrogens with one attached hydrogen (secondary N) is 2. The second kappa shape index (κ2) is 11.0. The van der Waals surface area contributed by atoms with Crippen LogP contribution in [0, 0.1) is 0 Å². The molecule has 0 amide bonds. The molecule has 0 saturated carbocycles. The summed E-state index contributed by atoms with van der Waals surface area (Å²) in [4.78, 5) is 23.7. The zero-order valence-electron chi connectivity index (χ0n) is 21.0. The van der Waals surface area contributed by atoms with E-state index in [0.29, 0.717) is 33.5 Å². The number of halogens is 3. The number of rotatable bonds is 8. The molecule has 2 heterocycles. The summed E-state index contributed by atoms with van der Waals surface area (Å²) in [5, 5.41) is 5.25. The maximum atomic E-state index is 13.1. The Morgan fingerprint density at radius 2 is 1.71 bits per heavy atom. The number of benzene rings is 2. The number of fused-ring (bicyclic) bond motifs is 1. The van der Waals surface area contributed by atoms with E-state index in [9.17, 15) is 13.2 Å². The van der Waals surface area contributed by atoms with Crippen molar-refractivity contribution in [2.75, 3.05) is 18.8 Å². The van der Waals surface area contributed by atoms with Crippen molar-refractivity contribution in [3.8, 4) is 17.1 Å². The minimum absolute atomic E-state index is 0.0327. The first-order valence-corrected chi connectivity index (χ1v) is 14.2. The number of nitrogens with zero attached hydrogens (tertiary/aromatic N) is 4. The van der Waals surface area contributed by atoms with Crippen LogP contribution in [0.25, 0.3) is 17.1 Å². The minimum atomic E-state index is -3.65. The molecule has 0 bridgehead atoms. The highest BCUT2D eigenvalue weighted by Crippen LogP contribution is 2.36. The lowest BCUT2D eigenvalue weighted by atomic mass is 10.1. The molecule has 0 unspecified atom stereocenters. The minimum Gasteiger partial charge on any atom is -0.383 e. The zero-order valence-corrected chi connectivity index (χ0v) is 24.0. The highest BCUT2D eigenvalue weighted by Gasteiger charge is 2.27. The van der Waals surface area contributed by atoms with Gasteiger partial charge in [0.05, 0.1) is 21.1 Å². The van der Waals surface area contributed by atoms with Gasteiger partial charge in [-0.1, -0.05) is 60.8 Å². The van der Waals surface area contributed by atoms with E-state index in [0.717, 1.165) is 11.0 Å². The summed E-state index contributed by atoms with van der Waals surface area (Å²) in [6.45, 7) is 3.89. The van der Waals surface area contributed by atoms with Crippen molar-refractivity contribution in [2.24, 2.45) is 0 Å². The van der Waals surface area contributed by atoms with Crippen LogP contribution in [0.3, 0.4) is 0 Å². The average Bonchev–Trinajstić information content (AvgIpc) is 3.18. The highest BCUT2D eigenvalue weighted by atomic mass is 35.5. The van der Waals surface area contributed by atoms with E-state index in [1.54, 1.807) is 60.1 Å². The standard InChI is InChI=1S/C25H25Cl3N6O3S/c1-14(2)22-21-24(34(31-22)23-18(27)12-16(26)13-19(23)28)29-20(30-25(21)35)11-15-5-7-17(8-6-15)32-38(36,37)10-9-33(3)4/h5-10,12-14,31-32H,11H2,1-4H3. The van der Waals surface area contributed by atoms with Gasteiger partial charge < -0.3 is 4.90 Å². The molecular weight excluding hydrogens is 571 g/mol. The van der Waals surface area contributed by atoms with Crippen molar-refractivity contribution in [3.05, 3.63) is 90.5 Å². The predicted molar refractivity (Wildman–Crippen MR) is 152 cm³/mol. The van der Waals surface area contributed by atoms with Crippen molar-refractivity contribution in [1.29, 1.82) is 0 Å². The van der Waals surface area contributed by atoms with Crippen LogP contribution < -0.4 is 10.3 Å². The highest BCUT2D eigenvalue weighted by molar-refractivity contribution is 7.95. The van der Waals surface area contributed by atoms with Crippen LogP contribution in [0.15, 0.2) is 52.8 Å². The van der Waals surface area contributed by atoms with E-state index < -0.39 is 15.6 Å². The van der Waals surface area contributed by atoms with Crippen LogP contribution >= 0.6 is 34.8 Å². The van der Waals surface area contributed by atoms with Gasteiger partial charge in [-0.2, -0.15) is 4.98 Å². The molecule has 2 aliphatic heterocycles. The van der Waals surface area contributed by atoms with Crippen LogP contribution in [0.5, 0.6) is 0 Å². The Morgan fingerprint density at radius 1 is 1.08 bits per heavy atom. The molecule has 9 nitrogen and oxygen atoms in total. The third-order valence-corrected chi connectivity index (χ3v) is 7.31. The number of sulfonamides is 1. The van der Waals surface area contributed by atoms with Crippen molar-refractivity contribution in [3.63, 3.8) is 0 Å². The monoisotopic (exact) mass is 594 g/mol. The van der Waals surface area contributed by atoms with Gasteiger partial charge in [0.2, 0.25) is 0 Å². The van der Waals surface area contributed by atoms with Gasteiger partial charge in [0.1, 0.15) is 17.1 Å². The zero-order chi connectivity index (χ0) is 27.8. The summed E-state index contributed by atoms with van der Waals surface area (Å²) in [5.41, 5.74) is 2.17. The topological polar surface area (TPSA) is 113 Å². The number of anilines is 1. The molecule has 2 aromatic carbocycles. The van der Waals surface area contributed by atoms with Crippen LogP contribution in [0.4, 0.5) is 5.69 Å². The smallest absolute Gasteiger partial charge is 0.284 e. The molecule has 2 N–H and O–H groups in total. The Bertz CT molecular complexity index is 1620. The third kappa shape index (κ3) is 6.15. The lowest BCUT2D eigenvalue weighted by molar-refractivity contribution is 0.562. The third-order valence-electron chi connectivity index (χ3n) is 5.51. The number of aromatic nitrogens is 4. The van der Waals surface area contributed by atoms with Gasteiger partial charge in [-0.05, 0) is 35.7 Å². The van der Waals surface area contributed by atoms with Crippen molar-refractivity contribution in [2.45, 2.75) is 26.2 Å². The summed E-state index contributed by atoms with van der Waals surface area (Å²) in [7, 11) is -0.198. The van der Waals surface area contributed by atoms with Crippen molar-refractivity contribution < 1.29 is 8.42 Å². The van der Waals surface area contributed by atoms with Gasteiger partial charge in [-0.15, -0.1) is 0 Å². The largest absolute Gasteiger partial charge is 0.383 e. The van der Waals surface area contributed by atoms with E-state index >= 15 is 0 Å². The van der Waals surface area contributed by atoms with Crippen LogP contribution in [0.1, 0.15) is 36.8 Å². The van der Waals surface area contributed by atoms with E-state index in [1.807, 2.05) is 13.8 Å². The molecule has 38 heavy (non-hydrogen) atoms. The fourth-order valence-electron chi connectivity index (χ4n) is 3.78. The first-order chi connectivity index (χ1) is 17.8. The Hall–Kier alpha value is -3.05. The first kappa shape index (κ1) is 28.0. The predicted octanol–water partition coefficient (Wildman–Crippen LogP) is 5.51. The molecule has 0 radical (unpaired) electrons. The van der Waals surface area contributed by atoms with E-state index in [-0.39, 0.29) is 28.2 Å². The molecule has 0 aliphatic carbocycles. The van der Waals surface area contributed by atoms with E-state index in [1.165, 1.54) is 6.20 Å². The fourth-order valence-corrected chi connectivity index (χ4v) is 5.70. The number of H-pyrrole nitrogens is 1. The molecule has 13 heteroatoms. The number of hydrogen-bond donors (Lipinski definition) is 2. The van der Waals surface area contributed by atoms with Crippen LogP contribution in [0.2, 0.25) is 15.1 Å². The lowest BCUT2D eigenvalue weighted by Gasteiger charge is -2.12. The molecule has 0 saturated heterocycles. The van der Waals surface area contributed by atoms with Crippen molar-refractivity contribution >= 4 is 50.5 Å². The van der Waals surface area contributed by atoms with Gasteiger partial charge in [0.15, 0.2) is 5.82 Å². The Morgan fingerprint density at radius 3 is 2.29 bits per heavy atom. The lowest BCUT2D eigenvalue weighted by Crippen LogP contribution is -2.18. The Kier molecular flexibility index (Phi) is 8.08. The van der Waals surface area contributed by atoms with Crippen molar-refractivity contribution in [1.82, 2.24) is 24.6 Å². The summed E-state index contributed by atoms with van der Waals surface area (Å²) < 4.78 is 28.5. The summed E-state index contributed by atoms with van der Waals surface area (Å²) in [5.74, 6) is 0.593. The van der Waals surface area contributed by atoms with Gasteiger partial charge in [-0.3, -0.25) is 14.6 Å². The molecule has 200 valence electrons. The normalized spacial score (nSPS) is 12.1. The average molecular weight is 596 g/mol. The molecule has 0 fully saturated rings. The first-order valence-electron chi connectivity index (χ1n) is 11.5. The SMILES string of the molecule is CC(C)c1[nH]n(-c2c(Cl)cc(Cl)cc2Cl)c2nc(Cc3ccc(NS(=O)(=O)C=CN(C)C)cc3)nc(=O)c1-2. The fraction of sp³-hybridized carbons (Fsp3) is 0.240. The van der Waals surface area contributed by atoms with E-state index in [2.05, 4.69) is 19.8 Å². The van der Waals surface area contributed by atoms with Gasteiger partial charge in [-0.25, -0.2) is 18.1 Å². The Balaban J connectivity index is 1.70. The number of aromatic amines is 1. The summed E-state index contributed by atoms with van der Waals surface area (Å²) >= 11 is 19.0. The maximum absolute atomic E-state index is 13.1. The molecular formula is C25H25Cl3N6O3S. The van der Waals surface area contributed by atoms with Gasteiger partial charge >= 0.3 is 0 Å². The van der Waals surface area contributed by atoms with Crippen LogP contribution in [-0.2, 0) is 16.4 Å². The second-order valence-corrected chi connectivity index (χ2v) is 12.0. The van der Waals surface area contributed by atoms with Gasteiger partial charge in [0, 0.05) is 37.4 Å². The second-order valence-electron chi connectivity index (χ2n) is 9.15. The molecule has 0 atom stereocenters. The molecule has 0 spiro atoms. The maximum Gasteiger partial charge on any atom is 0.284 e. The quantitative estimate of drug-likeness (QED) is 0.278. The van der Waals surface area contributed by atoms with Crippen LogP contribution in [-0.4, -0.2) is 47.2 Å². The molecule has 2 aliphatic rings. The summed E-state index contributed by atoms with van der Waals surface area (Å²) in [6, 6.07) is 9.87. The number of hydrogen-bond acceptors (Lipinski definition) is 6. The molecule has 0 aromatic heterocycles. The molecule has 4 rings (SSSR count). The van der Waals surface area contributed by atoms with Gasteiger partial charge in [0.25, 0.3) is 15.6 Å². The molecule has 2 aromatic rings. The van der Waals surface area contributed by atoms with E-state index in [4.69, 9.17) is 34.8 Å². The Labute approximate surface area is 235 Å². The summed E-state index contributed by atoms with van der Waals surface area (Å²) in [6.07, 6.45) is 1.68.